The minimum atomic E-state index is -0.386. The van der Waals surface area contributed by atoms with Crippen molar-refractivity contribution in [3.63, 3.8) is 0 Å². The van der Waals surface area contributed by atoms with E-state index in [0.29, 0.717) is 0 Å². The van der Waals surface area contributed by atoms with E-state index in [-0.39, 0.29) is 10.8 Å². The molecule has 7 heterocycles. The molecule has 3 aliphatic carbocycles. The molecule has 7 nitrogen and oxygen atoms in total. The molecular weight excluding hydrogens is 1810 g/mol. The second kappa shape index (κ2) is 32.6. The van der Waals surface area contributed by atoms with E-state index < -0.39 is 0 Å². The van der Waals surface area contributed by atoms with E-state index in [1.165, 1.54) is 254 Å². The first-order valence-corrected chi connectivity index (χ1v) is 51.7. The first-order valence-electron chi connectivity index (χ1n) is 51.7. The van der Waals surface area contributed by atoms with Crippen LogP contribution in [0, 0.1) is 0 Å². The van der Waals surface area contributed by atoms with Gasteiger partial charge in [0, 0.05) is 109 Å². The number of para-hydroxylation sites is 11. The number of aromatic nitrogens is 6. The highest BCUT2D eigenvalue weighted by Gasteiger charge is 2.52. The lowest BCUT2D eigenvalue weighted by atomic mass is 9.70. The van der Waals surface area contributed by atoms with E-state index in [2.05, 4.69) is 551 Å². The maximum Gasteiger partial charge on any atom is 0.159 e. The summed E-state index contributed by atoms with van der Waals surface area (Å²) >= 11 is 0. The van der Waals surface area contributed by atoms with E-state index in [1.807, 2.05) is 12.1 Å². The SMILES string of the molecule is CC1(C)c2ccccc2-c2ccc(-n3c4ccccc4c4cc(-c5ccc6c(c5)c5ccccc5n6-c5ccccc5)ccc43)cc21.c1ccc(-n2c3ccccc3c3cc(-c4ccc5c(c4)c4ccccc4n5-c4ccc5c(c4)C4(c6ccccc6-c6ccccc64)c4ccccc4-5)ccc32)cc1.c1ccc(-n2c3ccccc3c3cc(-c4ccc5c(c4)c4ccccc4n5-c4cccc5c4oc4ccccc45)ccc32)cc1. The minimum Gasteiger partial charge on any atom is -0.454 e. The Balaban J connectivity index is 0.000000102. The molecule has 696 valence electrons. The summed E-state index contributed by atoms with van der Waals surface area (Å²) in [6, 6.07) is 191. The molecule has 0 bridgehead atoms. The summed E-state index contributed by atoms with van der Waals surface area (Å²) in [6.45, 7) is 4.71. The zero-order valence-electron chi connectivity index (χ0n) is 81.7. The largest absolute Gasteiger partial charge is 0.454 e. The van der Waals surface area contributed by atoms with Crippen LogP contribution in [0.1, 0.15) is 47.2 Å². The fraction of sp³-hybridized carbons (Fsp3) is 0.0282. The predicted octanol–water partition coefficient (Wildman–Crippen LogP) is 37.2. The van der Waals surface area contributed by atoms with Gasteiger partial charge in [0.05, 0.1) is 77.3 Å². The highest BCUT2D eigenvalue weighted by molar-refractivity contribution is 6.19. The molecule has 149 heavy (non-hydrogen) atoms. The summed E-state index contributed by atoms with van der Waals surface area (Å²) in [5, 5.41) is 17.4. The highest BCUT2D eigenvalue weighted by atomic mass is 16.3. The number of rotatable bonds is 9. The fourth-order valence-electron chi connectivity index (χ4n) is 26.3. The van der Waals surface area contributed by atoms with E-state index in [1.54, 1.807) is 0 Å². The van der Waals surface area contributed by atoms with Gasteiger partial charge in [0.25, 0.3) is 0 Å². The van der Waals surface area contributed by atoms with Crippen molar-refractivity contribution < 1.29 is 4.42 Å². The van der Waals surface area contributed by atoms with Gasteiger partial charge in [-0.1, -0.05) is 354 Å². The summed E-state index contributed by atoms with van der Waals surface area (Å²) in [5.74, 6) is 0. The number of furan rings is 1. The maximum atomic E-state index is 6.49. The van der Waals surface area contributed by atoms with Crippen molar-refractivity contribution in [2.24, 2.45) is 0 Å². The Kier molecular flexibility index (Phi) is 18.4. The molecule has 0 N–H and O–H groups in total. The third-order valence-corrected chi connectivity index (χ3v) is 32.8. The smallest absolute Gasteiger partial charge is 0.159 e. The minimum absolute atomic E-state index is 0.0455. The van der Waals surface area contributed by atoms with Crippen LogP contribution in [0.4, 0.5) is 0 Å². The Labute approximate surface area is 859 Å². The van der Waals surface area contributed by atoms with E-state index >= 15 is 0 Å². The molecule has 23 aromatic carbocycles. The molecule has 0 saturated heterocycles. The predicted molar refractivity (Wildman–Crippen MR) is 623 cm³/mol. The van der Waals surface area contributed by atoms with E-state index in [0.717, 1.165) is 33.1 Å². The van der Waals surface area contributed by atoms with Crippen molar-refractivity contribution in [1.82, 2.24) is 27.4 Å². The number of hydrogen-bond acceptors (Lipinski definition) is 1. The quantitative estimate of drug-likeness (QED) is 0.142. The lowest BCUT2D eigenvalue weighted by Crippen LogP contribution is -2.26. The Hall–Kier alpha value is -19.3. The van der Waals surface area contributed by atoms with Crippen molar-refractivity contribution in [3.8, 4) is 101 Å². The van der Waals surface area contributed by atoms with Crippen molar-refractivity contribution in [2.75, 3.05) is 0 Å². The Morgan fingerprint density at radius 3 is 0.758 bits per heavy atom. The van der Waals surface area contributed by atoms with Crippen LogP contribution in [0.25, 0.3) is 254 Å². The van der Waals surface area contributed by atoms with Gasteiger partial charge in [-0.3, -0.25) is 0 Å². The number of benzene rings is 23. The summed E-state index contributed by atoms with van der Waals surface area (Å²) in [5.41, 5.74) is 46.4. The zero-order valence-corrected chi connectivity index (χ0v) is 81.7. The molecule has 0 radical (unpaired) electrons. The lowest BCUT2D eigenvalue weighted by molar-refractivity contribution is 0.660. The van der Waals surface area contributed by atoms with Crippen LogP contribution in [0.3, 0.4) is 0 Å². The molecule has 0 saturated carbocycles. The summed E-state index contributed by atoms with van der Waals surface area (Å²) in [7, 11) is 0. The molecular formula is C142H92N6O. The summed E-state index contributed by atoms with van der Waals surface area (Å²) < 4.78 is 20.9. The monoisotopic (exact) mass is 1900 g/mol. The molecule has 3 aliphatic rings. The van der Waals surface area contributed by atoms with Crippen LogP contribution >= 0.6 is 0 Å². The van der Waals surface area contributed by atoms with Gasteiger partial charge in [-0.2, -0.15) is 0 Å². The van der Waals surface area contributed by atoms with Crippen LogP contribution in [-0.2, 0) is 10.8 Å². The molecule has 0 atom stereocenters. The van der Waals surface area contributed by atoms with Crippen LogP contribution in [0.15, 0.2) is 526 Å². The van der Waals surface area contributed by atoms with Crippen molar-refractivity contribution in [1.29, 1.82) is 0 Å². The fourth-order valence-corrected chi connectivity index (χ4v) is 26.3. The van der Waals surface area contributed by atoms with Gasteiger partial charge in [-0.15, -0.1) is 0 Å². The van der Waals surface area contributed by atoms with E-state index in [9.17, 15) is 0 Å². The molecule has 0 fully saturated rings. The lowest BCUT2D eigenvalue weighted by Gasteiger charge is -2.30. The average Bonchev–Trinajstić information content (AvgIpc) is 1.50. The summed E-state index contributed by atoms with van der Waals surface area (Å²) in [4.78, 5) is 0. The average molecular weight is 1900 g/mol. The van der Waals surface area contributed by atoms with Gasteiger partial charge in [0.1, 0.15) is 5.58 Å². The number of fused-ring (bicyclic) bond motifs is 34. The number of nitrogens with zero attached hydrogens (tertiary/aromatic N) is 6. The topological polar surface area (TPSA) is 42.7 Å². The van der Waals surface area contributed by atoms with Crippen molar-refractivity contribution >= 4 is 153 Å². The first-order chi connectivity index (χ1) is 73.7. The standard InChI is InChI=1S/C55H34N2.C45H32N2.C42H26N2O/c1-2-14-37(15-3-1)56-51-24-12-7-19-43(51)45-32-35(26-30-53(45)56)36-27-31-54-46(33-36)44-20-8-13-25-52(44)57(54)38-28-29-42-41-18-6-11-23-49(41)55(50(42)34-38)47-21-9-4-16-39(47)40-17-5-10-22-48(40)55;1-45(2)39-17-9-6-14-33(39)34-23-22-32(28-40(34)45)47-42-19-11-8-16-36(42)38-27-30(21-25-44(38)47)29-20-24-43-37(26-29)35-15-7-10-18-41(35)46(43)31-12-4-3-5-13-31;1-2-11-29(12-3-1)43-36-17-7-4-13-30(36)34-25-27(21-23-38(34)43)28-22-24-39-35(26-28)31-14-5-8-18-37(31)44(39)40-19-10-16-33-32-15-6-9-20-41(32)45-42(33)40/h1-34H;3-28H,1-2H3;1-26H. The van der Waals surface area contributed by atoms with Gasteiger partial charge in [-0.05, 0) is 282 Å². The molecule has 7 aromatic heterocycles. The van der Waals surface area contributed by atoms with Gasteiger partial charge in [0.2, 0.25) is 0 Å². The van der Waals surface area contributed by atoms with Crippen molar-refractivity contribution in [3.05, 3.63) is 555 Å². The Morgan fingerprint density at radius 2 is 0.403 bits per heavy atom. The second-order valence-corrected chi connectivity index (χ2v) is 40.8. The zero-order chi connectivity index (χ0) is 98.0. The molecule has 1 spiro atoms. The van der Waals surface area contributed by atoms with Gasteiger partial charge >= 0.3 is 0 Å². The van der Waals surface area contributed by atoms with Crippen molar-refractivity contribution in [2.45, 2.75) is 24.7 Å². The molecule has 0 amide bonds. The third kappa shape index (κ3) is 12.4. The Morgan fingerprint density at radius 1 is 0.154 bits per heavy atom. The van der Waals surface area contributed by atoms with Crippen LogP contribution in [0.5, 0.6) is 0 Å². The summed E-state index contributed by atoms with van der Waals surface area (Å²) in [6.07, 6.45) is 0. The molecule has 33 rings (SSSR count). The normalized spacial score (nSPS) is 13.0. The van der Waals surface area contributed by atoms with E-state index in [4.69, 9.17) is 4.42 Å². The third-order valence-electron chi connectivity index (χ3n) is 32.8. The van der Waals surface area contributed by atoms with Gasteiger partial charge < -0.3 is 31.8 Å². The number of hydrogen-bond donors (Lipinski definition) is 0. The highest BCUT2D eigenvalue weighted by Crippen LogP contribution is 2.64. The molecule has 0 unspecified atom stereocenters. The first kappa shape index (κ1) is 84.2. The van der Waals surface area contributed by atoms with Gasteiger partial charge in [-0.25, -0.2) is 0 Å². The molecule has 0 aliphatic heterocycles. The Bertz CT molecular complexity index is 10800. The van der Waals surface area contributed by atoms with Crippen LogP contribution < -0.4 is 0 Å². The van der Waals surface area contributed by atoms with Gasteiger partial charge in [0.15, 0.2) is 5.58 Å². The van der Waals surface area contributed by atoms with Crippen LogP contribution in [0.2, 0.25) is 0 Å². The van der Waals surface area contributed by atoms with Crippen LogP contribution in [-0.4, -0.2) is 27.4 Å². The maximum absolute atomic E-state index is 6.49. The molecule has 7 heteroatoms. The second-order valence-electron chi connectivity index (χ2n) is 40.8. The molecule has 30 aromatic rings.